The molecule has 25 heavy (non-hydrogen) atoms. The quantitative estimate of drug-likeness (QED) is 0.761. The third kappa shape index (κ3) is 2.69. The third-order valence-corrected chi connectivity index (χ3v) is 4.29. The second kappa shape index (κ2) is 5.80. The van der Waals surface area contributed by atoms with Crippen molar-refractivity contribution in [2.75, 3.05) is 12.4 Å². The number of aromatic nitrogens is 4. The maximum Gasteiger partial charge on any atom is 0.231 e. The van der Waals surface area contributed by atoms with E-state index in [2.05, 4.69) is 25.5 Å². The number of anilines is 1. The largest absolute Gasteiger partial charge is 0.480 e. The summed E-state index contributed by atoms with van der Waals surface area (Å²) in [5.74, 6) is -0.0652. The Balaban J connectivity index is 1.70. The summed E-state index contributed by atoms with van der Waals surface area (Å²) in [5, 5.41) is 10.6. The number of hydrogen-bond donors (Lipinski definition) is 2. The predicted molar refractivity (Wildman–Crippen MR) is 90.0 cm³/mol. The van der Waals surface area contributed by atoms with Crippen LogP contribution in [0.3, 0.4) is 0 Å². The van der Waals surface area contributed by atoms with Gasteiger partial charge in [-0.1, -0.05) is 0 Å². The Hall–Kier alpha value is -3.03. The Bertz CT molecular complexity index is 971. The second-order valence-electron chi connectivity index (χ2n) is 6.03. The fraction of sp³-hybridized carbons (Fsp3) is 0.294. The van der Waals surface area contributed by atoms with Crippen LogP contribution in [0.25, 0.3) is 22.3 Å². The highest BCUT2D eigenvalue weighted by atomic mass is 19.1. The van der Waals surface area contributed by atoms with Crippen molar-refractivity contribution < 1.29 is 13.9 Å². The second-order valence-corrected chi connectivity index (χ2v) is 6.03. The van der Waals surface area contributed by atoms with Crippen molar-refractivity contribution in [3.8, 4) is 17.1 Å². The number of hydrogen-bond acceptors (Lipinski definition) is 5. The van der Waals surface area contributed by atoms with Gasteiger partial charge in [0.2, 0.25) is 11.8 Å². The van der Waals surface area contributed by atoms with Gasteiger partial charge in [0, 0.05) is 11.6 Å². The third-order valence-electron chi connectivity index (χ3n) is 4.29. The summed E-state index contributed by atoms with van der Waals surface area (Å²) in [4.78, 5) is 20.4. The molecule has 0 spiro atoms. The molecule has 8 heteroatoms. The number of aryl methyl sites for hydroxylation is 1. The number of carbonyl (C=O) groups excluding carboxylic acids is 1. The van der Waals surface area contributed by atoms with E-state index in [-0.39, 0.29) is 12.3 Å². The lowest BCUT2D eigenvalue weighted by Gasteiger charge is -2.09. The smallest absolute Gasteiger partial charge is 0.231 e. The number of alkyl halides is 1. The average molecular weight is 341 g/mol. The van der Waals surface area contributed by atoms with Crippen molar-refractivity contribution in [2.45, 2.75) is 19.5 Å². The van der Waals surface area contributed by atoms with Gasteiger partial charge in [0.1, 0.15) is 12.0 Å². The molecule has 1 amide bonds. The molecule has 0 aromatic carbocycles. The fourth-order valence-corrected chi connectivity index (χ4v) is 2.80. The number of ether oxygens (including phenoxy) is 1. The van der Waals surface area contributed by atoms with Crippen molar-refractivity contribution in [3.05, 3.63) is 30.0 Å². The summed E-state index contributed by atoms with van der Waals surface area (Å²) in [6.45, 7) is 1.96. The first-order chi connectivity index (χ1) is 12.1. The van der Waals surface area contributed by atoms with Gasteiger partial charge in [0.25, 0.3) is 0 Å². The molecule has 1 aliphatic carbocycles. The van der Waals surface area contributed by atoms with Crippen molar-refractivity contribution in [1.29, 1.82) is 0 Å². The van der Waals surface area contributed by atoms with Gasteiger partial charge in [-0.15, -0.1) is 0 Å². The SMILES string of the molecule is COc1nccc(C)c1-c1[nH]nc2nc(NC(=O)C3CC3F)ccc12. The van der Waals surface area contributed by atoms with E-state index >= 15 is 0 Å². The highest BCUT2D eigenvalue weighted by Gasteiger charge is 2.43. The van der Waals surface area contributed by atoms with E-state index in [0.29, 0.717) is 17.3 Å². The molecule has 3 heterocycles. The minimum atomic E-state index is -1.04. The fourth-order valence-electron chi connectivity index (χ4n) is 2.80. The topological polar surface area (TPSA) is 92.8 Å². The summed E-state index contributed by atoms with van der Waals surface area (Å²) in [6, 6.07) is 5.37. The molecule has 2 atom stereocenters. The van der Waals surface area contributed by atoms with Crippen LogP contribution in [0, 0.1) is 12.8 Å². The molecule has 4 rings (SSSR count). The molecule has 0 aliphatic heterocycles. The predicted octanol–water partition coefficient (Wildman–Crippen LogP) is 2.63. The number of nitrogens with zero attached hydrogens (tertiary/aromatic N) is 3. The maximum atomic E-state index is 13.0. The monoisotopic (exact) mass is 341 g/mol. The number of aromatic amines is 1. The number of nitrogens with one attached hydrogen (secondary N) is 2. The Morgan fingerprint density at radius 2 is 2.20 bits per heavy atom. The van der Waals surface area contributed by atoms with Crippen LogP contribution >= 0.6 is 0 Å². The number of fused-ring (bicyclic) bond motifs is 1. The Morgan fingerprint density at radius 3 is 2.92 bits per heavy atom. The normalized spacial score (nSPS) is 19.0. The zero-order valence-electron chi connectivity index (χ0n) is 13.7. The van der Waals surface area contributed by atoms with Crippen molar-refractivity contribution in [2.24, 2.45) is 5.92 Å². The highest BCUT2D eigenvalue weighted by molar-refractivity contribution is 5.97. The summed E-state index contributed by atoms with van der Waals surface area (Å²) in [5.41, 5.74) is 2.99. The van der Waals surface area contributed by atoms with Crippen LogP contribution in [-0.4, -0.2) is 39.4 Å². The highest BCUT2D eigenvalue weighted by Crippen LogP contribution is 2.36. The summed E-state index contributed by atoms with van der Waals surface area (Å²) < 4.78 is 18.3. The summed E-state index contributed by atoms with van der Waals surface area (Å²) in [7, 11) is 1.56. The minimum absolute atomic E-state index is 0.278. The van der Waals surface area contributed by atoms with Gasteiger partial charge in [-0.2, -0.15) is 5.10 Å². The Morgan fingerprint density at radius 1 is 1.40 bits per heavy atom. The molecular formula is C17H16FN5O2. The van der Waals surface area contributed by atoms with E-state index in [4.69, 9.17) is 4.74 Å². The number of rotatable bonds is 4. The lowest BCUT2D eigenvalue weighted by atomic mass is 10.1. The van der Waals surface area contributed by atoms with Gasteiger partial charge >= 0.3 is 0 Å². The average Bonchev–Trinajstić information content (AvgIpc) is 3.20. The molecule has 0 bridgehead atoms. The van der Waals surface area contributed by atoms with Crippen LogP contribution < -0.4 is 10.1 Å². The van der Waals surface area contributed by atoms with Crippen LogP contribution in [0.5, 0.6) is 5.88 Å². The van der Waals surface area contributed by atoms with Crippen LogP contribution in [-0.2, 0) is 4.79 Å². The van der Waals surface area contributed by atoms with Gasteiger partial charge in [0.05, 0.1) is 24.3 Å². The van der Waals surface area contributed by atoms with E-state index in [1.807, 2.05) is 19.1 Å². The number of pyridine rings is 2. The zero-order valence-corrected chi connectivity index (χ0v) is 13.7. The first-order valence-electron chi connectivity index (χ1n) is 7.88. The van der Waals surface area contributed by atoms with E-state index in [1.165, 1.54) is 0 Å². The number of methoxy groups -OCH3 is 1. The minimum Gasteiger partial charge on any atom is -0.480 e. The molecule has 1 saturated carbocycles. The standard InChI is InChI=1S/C17H16FN5O2/c1-8-5-6-19-17(25-2)13(8)14-9-3-4-12(20-15(9)23-22-14)21-16(24)10-7-11(10)18/h3-6,10-11H,7H2,1-2H3,(H2,20,21,22,23,24). The van der Waals surface area contributed by atoms with Gasteiger partial charge < -0.3 is 10.1 Å². The van der Waals surface area contributed by atoms with Crippen molar-refractivity contribution in [1.82, 2.24) is 20.2 Å². The van der Waals surface area contributed by atoms with Crippen LogP contribution in [0.15, 0.2) is 24.4 Å². The molecule has 3 aromatic heterocycles. The van der Waals surface area contributed by atoms with E-state index < -0.39 is 12.1 Å². The lowest BCUT2D eigenvalue weighted by molar-refractivity contribution is -0.117. The Kier molecular flexibility index (Phi) is 3.60. The Labute approximate surface area is 142 Å². The number of amides is 1. The van der Waals surface area contributed by atoms with Crippen LogP contribution in [0.2, 0.25) is 0 Å². The molecule has 3 aromatic rings. The lowest BCUT2D eigenvalue weighted by Crippen LogP contribution is -2.15. The molecule has 128 valence electrons. The van der Waals surface area contributed by atoms with Crippen LogP contribution in [0.1, 0.15) is 12.0 Å². The first kappa shape index (κ1) is 15.5. The van der Waals surface area contributed by atoms with Gasteiger partial charge in [0.15, 0.2) is 5.65 Å². The molecule has 1 fully saturated rings. The van der Waals surface area contributed by atoms with Crippen molar-refractivity contribution >= 4 is 22.8 Å². The summed E-state index contributed by atoms with van der Waals surface area (Å²) in [6.07, 6.45) is 0.917. The molecule has 2 N–H and O–H groups in total. The molecule has 7 nitrogen and oxygen atoms in total. The molecule has 0 saturated heterocycles. The maximum absolute atomic E-state index is 13.0. The zero-order chi connectivity index (χ0) is 17.6. The van der Waals surface area contributed by atoms with Gasteiger partial charge in [-0.3, -0.25) is 9.89 Å². The number of carbonyl (C=O) groups is 1. The number of halogens is 1. The molecule has 2 unspecified atom stereocenters. The van der Waals surface area contributed by atoms with E-state index in [9.17, 15) is 9.18 Å². The van der Waals surface area contributed by atoms with Crippen LogP contribution in [0.4, 0.5) is 10.2 Å². The first-order valence-corrected chi connectivity index (χ1v) is 7.88. The summed E-state index contributed by atoms with van der Waals surface area (Å²) >= 11 is 0. The molecule has 1 aliphatic rings. The number of H-pyrrole nitrogens is 1. The van der Waals surface area contributed by atoms with Gasteiger partial charge in [-0.05, 0) is 37.1 Å². The van der Waals surface area contributed by atoms with E-state index in [1.54, 1.807) is 19.4 Å². The van der Waals surface area contributed by atoms with E-state index in [0.717, 1.165) is 22.2 Å². The molecule has 0 radical (unpaired) electrons. The molecular weight excluding hydrogens is 325 g/mol. The van der Waals surface area contributed by atoms with Gasteiger partial charge in [-0.25, -0.2) is 14.4 Å². The van der Waals surface area contributed by atoms with Crippen molar-refractivity contribution in [3.63, 3.8) is 0 Å².